The molecule has 1 rings (SSSR count). The molecule has 2 N–H and O–H groups in total. The van der Waals surface area contributed by atoms with Crippen LogP contribution in [0.4, 0.5) is 0 Å². The van der Waals surface area contributed by atoms with E-state index >= 15 is 0 Å². The molecule has 0 bridgehead atoms. The molecular weight excluding hydrogens is 210 g/mol. The molecule has 88 valence electrons. The Kier molecular flexibility index (Phi) is 4.04. The minimum Gasteiger partial charge on any atom is -0.460 e. The summed E-state index contributed by atoms with van der Waals surface area (Å²) in [5.41, 5.74) is 0.247. The molecule has 0 fully saturated rings. The number of esters is 1. The number of H-pyrrole nitrogens is 1. The van der Waals surface area contributed by atoms with Gasteiger partial charge in [-0.15, -0.1) is 0 Å². The van der Waals surface area contributed by atoms with Crippen LogP contribution >= 0.6 is 0 Å². The number of ether oxygens (including phenoxy) is 1. The molecule has 0 aliphatic heterocycles. The third-order valence-corrected chi connectivity index (χ3v) is 1.71. The highest BCUT2D eigenvalue weighted by atomic mass is 16.5. The zero-order chi connectivity index (χ0) is 12.1. The summed E-state index contributed by atoms with van der Waals surface area (Å²) in [7, 11) is 0. The van der Waals surface area contributed by atoms with Gasteiger partial charge in [-0.05, 0) is 20.8 Å². The van der Waals surface area contributed by atoms with Crippen molar-refractivity contribution in [1.29, 1.82) is 0 Å². The fourth-order valence-corrected chi connectivity index (χ4v) is 1.08. The van der Waals surface area contributed by atoms with Crippen LogP contribution in [-0.2, 0) is 4.74 Å². The van der Waals surface area contributed by atoms with Gasteiger partial charge in [-0.3, -0.25) is 4.79 Å². The topological polar surface area (TPSA) is 84.1 Å². The Morgan fingerprint density at radius 1 is 1.56 bits per heavy atom. The van der Waals surface area contributed by atoms with Gasteiger partial charge in [0.05, 0.1) is 12.8 Å². The van der Waals surface area contributed by atoms with Crippen LogP contribution in [0.3, 0.4) is 0 Å². The van der Waals surface area contributed by atoms with Crippen LogP contribution in [0, 0.1) is 0 Å². The van der Waals surface area contributed by atoms with Crippen molar-refractivity contribution in [3.05, 3.63) is 17.7 Å². The maximum absolute atomic E-state index is 11.5. The molecule has 1 aromatic rings. The normalized spacial score (nSPS) is 10.2. The van der Waals surface area contributed by atoms with E-state index in [4.69, 9.17) is 4.74 Å². The number of nitrogens with zero attached hydrogens (tertiary/aromatic N) is 1. The van der Waals surface area contributed by atoms with E-state index in [1.165, 1.54) is 6.20 Å². The average molecular weight is 225 g/mol. The molecule has 0 saturated heterocycles. The molecule has 1 amide bonds. The first-order valence-corrected chi connectivity index (χ1v) is 5.07. The molecule has 1 aromatic heterocycles. The maximum atomic E-state index is 11.5. The Balaban J connectivity index is 2.71. The minimum absolute atomic E-state index is 0.0295. The summed E-state index contributed by atoms with van der Waals surface area (Å²) in [5, 5.41) is 2.68. The van der Waals surface area contributed by atoms with Gasteiger partial charge in [0.2, 0.25) is 5.82 Å². The first-order chi connectivity index (χ1) is 7.54. The van der Waals surface area contributed by atoms with E-state index < -0.39 is 5.97 Å². The molecule has 0 aromatic carbocycles. The third kappa shape index (κ3) is 3.08. The largest absolute Gasteiger partial charge is 0.460 e. The summed E-state index contributed by atoms with van der Waals surface area (Å²) in [6.07, 6.45) is 1.31. The fourth-order valence-electron chi connectivity index (χ4n) is 1.08. The zero-order valence-corrected chi connectivity index (χ0v) is 9.53. The fraction of sp³-hybridized carbons (Fsp3) is 0.500. The first-order valence-electron chi connectivity index (χ1n) is 5.07. The number of hydrogen-bond acceptors (Lipinski definition) is 4. The van der Waals surface area contributed by atoms with Crippen molar-refractivity contribution < 1.29 is 14.3 Å². The monoisotopic (exact) mass is 225 g/mol. The lowest BCUT2D eigenvalue weighted by Crippen LogP contribution is -2.30. The summed E-state index contributed by atoms with van der Waals surface area (Å²) in [6.45, 7) is 5.67. The minimum atomic E-state index is -0.564. The predicted octanol–water partition coefficient (Wildman–Crippen LogP) is 0.725. The zero-order valence-electron chi connectivity index (χ0n) is 9.53. The van der Waals surface area contributed by atoms with Crippen LogP contribution in [0.5, 0.6) is 0 Å². The van der Waals surface area contributed by atoms with Gasteiger partial charge in [0.15, 0.2) is 0 Å². The van der Waals surface area contributed by atoms with Gasteiger partial charge in [0, 0.05) is 6.04 Å². The Morgan fingerprint density at radius 2 is 2.25 bits per heavy atom. The van der Waals surface area contributed by atoms with Crippen molar-refractivity contribution in [1.82, 2.24) is 15.3 Å². The van der Waals surface area contributed by atoms with Crippen LogP contribution < -0.4 is 5.32 Å². The van der Waals surface area contributed by atoms with Crippen LogP contribution in [-0.4, -0.2) is 34.5 Å². The summed E-state index contributed by atoms with van der Waals surface area (Å²) < 4.78 is 4.74. The van der Waals surface area contributed by atoms with Gasteiger partial charge in [-0.1, -0.05) is 0 Å². The van der Waals surface area contributed by atoms with Crippen molar-refractivity contribution in [2.24, 2.45) is 0 Å². The van der Waals surface area contributed by atoms with E-state index in [0.29, 0.717) is 0 Å². The molecule has 0 atom stereocenters. The van der Waals surface area contributed by atoms with E-state index in [1.54, 1.807) is 6.92 Å². The van der Waals surface area contributed by atoms with E-state index in [2.05, 4.69) is 15.3 Å². The van der Waals surface area contributed by atoms with E-state index in [9.17, 15) is 9.59 Å². The molecule has 1 heterocycles. The van der Waals surface area contributed by atoms with Crippen LogP contribution in [0.15, 0.2) is 6.20 Å². The van der Waals surface area contributed by atoms with Gasteiger partial charge in [-0.2, -0.15) is 0 Å². The molecule has 0 saturated carbocycles. The molecule has 16 heavy (non-hydrogen) atoms. The second-order valence-electron chi connectivity index (χ2n) is 3.49. The lowest BCUT2D eigenvalue weighted by molar-refractivity contribution is 0.0513. The van der Waals surface area contributed by atoms with Crippen molar-refractivity contribution in [3.8, 4) is 0 Å². The Bertz CT molecular complexity index is 384. The Labute approximate surface area is 93.4 Å². The smallest absolute Gasteiger partial charge is 0.374 e. The Hall–Kier alpha value is -1.85. The van der Waals surface area contributed by atoms with Crippen molar-refractivity contribution in [2.45, 2.75) is 26.8 Å². The number of nitrogens with one attached hydrogen (secondary N) is 2. The Morgan fingerprint density at radius 3 is 2.81 bits per heavy atom. The number of aromatic amines is 1. The lowest BCUT2D eigenvalue weighted by Gasteiger charge is -2.05. The quantitative estimate of drug-likeness (QED) is 0.740. The highest BCUT2D eigenvalue weighted by molar-refractivity contribution is 5.94. The molecule has 0 spiro atoms. The van der Waals surface area contributed by atoms with Crippen LogP contribution in [0.1, 0.15) is 41.9 Å². The van der Waals surface area contributed by atoms with Gasteiger partial charge >= 0.3 is 5.97 Å². The van der Waals surface area contributed by atoms with Crippen molar-refractivity contribution in [3.63, 3.8) is 0 Å². The number of aromatic nitrogens is 2. The van der Waals surface area contributed by atoms with Gasteiger partial charge in [0.1, 0.15) is 5.69 Å². The standard InChI is InChI=1S/C10H15N3O3/c1-4-16-10(15)8-11-5-7(13-8)9(14)12-6(2)3/h5-6H,4H2,1-3H3,(H,11,13)(H,12,14). The molecule has 6 heteroatoms. The predicted molar refractivity (Wildman–Crippen MR) is 57.1 cm³/mol. The summed E-state index contributed by atoms with van der Waals surface area (Å²) in [4.78, 5) is 29.1. The first kappa shape index (κ1) is 12.2. The van der Waals surface area contributed by atoms with Crippen molar-refractivity contribution in [2.75, 3.05) is 6.61 Å². The number of carbonyl (C=O) groups excluding carboxylic acids is 2. The number of carbonyl (C=O) groups is 2. The second kappa shape index (κ2) is 5.29. The van der Waals surface area contributed by atoms with Gasteiger partial charge in [-0.25, -0.2) is 9.78 Å². The number of imidazole rings is 1. The van der Waals surface area contributed by atoms with Gasteiger partial charge in [0.25, 0.3) is 5.91 Å². The van der Waals surface area contributed by atoms with E-state index in [0.717, 1.165) is 0 Å². The molecule has 0 radical (unpaired) electrons. The highest BCUT2D eigenvalue weighted by Gasteiger charge is 2.15. The average Bonchev–Trinajstić information content (AvgIpc) is 2.65. The summed E-state index contributed by atoms with van der Waals surface area (Å²) in [6, 6.07) is 0.0295. The SMILES string of the molecule is CCOC(=O)c1ncc(C(=O)NC(C)C)[nH]1. The van der Waals surface area contributed by atoms with Crippen LogP contribution in [0.2, 0.25) is 0 Å². The number of hydrogen-bond donors (Lipinski definition) is 2. The highest BCUT2D eigenvalue weighted by Crippen LogP contribution is 1.99. The van der Waals surface area contributed by atoms with Crippen molar-refractivity contribution >= 4 is 11.9 Å². The molecule has 0 aliphatic rings. The molecular formula is C10H15N3O3. The molecule has 6 nitrogen and oxygen atoms in total. The molecule has 0 unspecified atom stereocenters. The third-order valence-electron chi connectivity index (χ3n) is 1.71. The van der Waals surface area contributed by atoms with Crippen LogP contribution in [0.25, 0.3) is 0 Å². The van der Waals surface area contributed by atoms with E-state index in [1.807, 2.05) is 13.8 Å². The number of rotatable bonds is 4. The number of amides is 1. The second-order valence-corrected chi connectivity index (χ2v) is 3.49. The summed E-state index contributed by atoms with van der Waals surface area (Å²) >= 11 is 0. The summed E-state index contributed by atoms with van der Waals surface area (Å²) in [5.74, 6) is -0.820. The lowest BCUT2D eigenvalue weighted by atomic mass is 10.3. The van der Waals surface area contributed by atoms with E-state index in [-0.39, 0.29) is 30.1 Å². The van der Waals surface area contributed by atoms with Gasteiger partial charge < -0.3 is 15.0 Å². The molecule has 0 aliphatic carbocycles. The maximum Gasteiger partial charge on any atom is 0.374 e.